The number of hydrogen-bond donors (Lipinski definition) is 0. The van der Waals surface area contributed by atoms with Crippen LogP contribution in [0.3, 0.4) is 0 Å². The van der Waals surface area contributed by atoms with Crippen LogP contribution in [0.25, 0.3) is 0 Å². The number of aromatic nitrogens is 1. The third-order valence-corrected chi connectivity index (χ3v) is 5.47. The first-order valence-corrected chi connectivity index (χ1v) is 8.78. The van der Waals surface area contributed by atoms with Crippen molar-refractivity contribution in [3.63, 3.8) is 0 Å². The van der Waals surface area contributed by atoms with E-state index in [0.717, 1.165) is 57.5 Å². The topological polar surface area (TPSA) is 51.7 Å². The molecule has 0 radical (unpaired) electrons. The molecule has 0 N–H and O–H groups in total. The molecule has 0 aliphatic carbocycles. The number of pyridine rings is 1. The van der Waals surface area contributed by atoms with Gasteiger partial charge >= 0.3 is 0 Å². The lowest BCUT2D eigenvalue weighted by atomic mass is 9.93. The Labute approximate surface area is 137 Å². The molecule has 2 unspecified atom stereocenters. The van der Waals surface area contributed by atoms with Crippen molar-refractivity contribution in [2.24, 2.45) is 5.92 Å². The van der Waals surface area contributed by atoms with Gasteiger partial charge in [-0.2, -0.15) is 0 Å². The quantitative estimate of drug-likeness (QED) is 0.859. The summed E-state index contributed by atoms with van der Waals surface area (Å²) in [6.45, 7) is 1.46. The van der Waals surface area contributed by atoms with Crippen LogP contribution in [0.15, 0.2) is 24.5 Å². The highest BCUT2D eigenvalue weighted by Crippen LogP contribution is 2.39. The number of carbonyl (C=O) groups is 1. The molecule has 4 rings (SSSR count). The maximum absolute atomic E-state index is 12.9. The van der Waals surface area contributed by atoms with E-state index < -0.39 is 0 Å². The molecule has 3 aliphatic heterocycles. The Morgan fingerprint density at radius 3 is 2.39 bits per heavy atom. The number of piperidine rings is 1. The van der Waals surface area contributed by atoms with Crippen molar-refractivity contribution in [3.05, 3.63) is 24.5 Å². The van der Waals surface area contributed by atoms with Crippen LogP contribution in [0.2, 0.25) is 0 Å². The van der Waals surface area contributed by atoms with E-state index in [4.69, 9.17) is 9.47 Å². The van der Waals surface area contributed by atoms with Crippen LogP contribution < -0.4 is 4.74 Å². The average molecular weight is 316 g/mol. The van der Waals surface area contributed by atoms with E-state index in [-0.39, 0.29) is 12.0 Å². The fourth-order valence-electron chi connectivity index (χ4n) is 4.35. The fourth-order valence-corrected chi connectivity index (χ4v) is 4.35. The Morgan fingerprint density at radius 1 is 1.09 bits per heavy atom. The Morgan fingerprint density at radius 2 is 1.74 bits per heavy atom. The van der Waals surface area contributed by atoms with E-state index in [0.29, 0.717) is 18.0 Å². The summed E-state index contributed by atoms with van der Waals surface area (Å²) in [7, 11) is 0. The average Bonchev–Trinajstić information content (AvgIpc) is 2.87. The number of fused-ring (bicyclic) bond motifs is 2. The SMILES string of the molecule is O=C(C1CCOCC1)N1C2CCC1CC(Oc1ccncc1)C2. The third-order valence-electron chi connectivity index (χ3n) is 5.47. The monoisotopic (exact) mass is 316 g/mol. The van der Waals surface area contributed by atoms with E-state index in [1.165, 1.54) is 0 Å². The highest BCUT2D eigenvalue weighted by Gasteiger charge is 2.45. The maximum atomic E-state index is 12.9. The normalized spacial score (nSPS) is 31.1. The molecule has 2 bridgehead atoms. The van der Waals surface area contributed by atoms with Crippen molar-refractivity contribution < 1.29 is 14.3 Å². The van der Waals surface area contributed by atoms with Crippen LogP contribution in [0.1, 0.15) is 38.5 Å². The van der Waals surface area contributed by atoms with Crippen LogP contribution in [-0.4, -0.2) is 47.2 Å². The van der Waals surface area contributed by atoms with E-state index >= 15 is 0 Å². The molecular weight excluding hydrogens is 292 g/mol. The number of hydrogen-bond acceptors (Lipinski definition) is 4. The fraction of sp³-hybridized carbons (Fsp3) is 0.667. The number of rotatable bonds is 3. The lowest BCUT2D eigenvalue weighted by Gasteiger charge is -2.41. The summed E-state index contributed by atoms with van der Waals surface area (Å²) in [5.41, 5.74) is 0. The second-order valence-electron chi connectivity index (χ2n) is 6.91. The third kappa shape index (κ3) is 3.07. The number of nitrogens with zero attached hydrogens (tertiary/aromatic N) is 2. The highest BCUT2D eigenvalue weighted by molar-refractivity contribution is 5.80. The summed E-state index contributed by atoms with van der Waals surface area (Å²) in [6.07, 6.45) is 9.64. The predicted molar refractivity (Wildman–Crippen MR) is 85.1 cm³/mol. The molecule has 3 fully saturated rings. The van der Waals surface area contributed by atoms with E-state index in [2.05, 4.69) is 9.88 Å². The van der Waals surface area contributed by atoms with Crippen molar-refractivity contribution in [1.82, 2.24) is 9.88 Å². The summed E-state index contributed by atoms with van der Waals surface area (Å²) in [5, 5.41) is 0. The van der Waals surface area contributed by atoms with E-state index in [1.807, 2.05) is 12.1 Å². The molecule has 5 nitrogen and oxygen atoms in total. The van der Waals surface area contributed by atoms with Gasteiger partial charge < -0.3 is 14.4 Å². The van der Waals surface area contributed by atoms with E-state index in [9.17, 15) is 4.79 Å². The van der Waals surface area contributed by atoms with Gasteiger partial charge in [-0.3, -0.25) is 9.78 Å². The summed E-state index contributed by atoms with van der Waals surface area (Å²) in [5.74, 6) is 1.42. The molecule has 1 aromatic rings. The van der Waals surface area contributed by atoms with Gasteiger partial charge in [0.25, 0.3) is 0 Å². The van der Waals surface area contributed by atoms with Gasteiger partial charge in [0.2, 0.25) is 5.91 Å². The molecule has 1 amide bonds. The van der Waals surface area contributed by atoms with Gasteiger partial charge in [0.1, 0.15) is 11.9 Å². The Balaban J connectivity index is 1.40. The predicted octanol–water partition coefficient (Wildman–Crippen LogP) is 2.41. The molecule has 3 aliphatic rings. The highest BCUT2D eigenvalue weighted by atomic mass is 16.5. The molecule has 0 aromatic carbocycles. The van der Waals surface area contributed by atoms with Crippen LogP contribution in [0.5, 0.6) is 5.75 Å². The maximum Gasteiger partial charge on any atom is 0.226 e. The van der Waals surface area contributed by atoms with Crippen LogP contribution in [0.4, 0.5) is 0 Å². The first-order chi connectivity index (χ1) is 11.3. The first-order valence-electron chi connectivity index (χ1n) is 8.78. The minimum atomic E-state index is 0.171. The summed E-state index contributed by atoms with van der Waals surface area (Å²) < 4.78 is 11.5. The lowest BCUT2D eigenvalue weighted by molar-refractivity contribution is -0.144. The van der Waals surface area contributed by atoms with Gasteiger partial charge in [-0.1, -0.05) is 0 Å². The van der Waals surface area contributed by atoms with Crippen molar-refractivity contribution in [1.29, 1.82) is 0 Å². The minimum absolute atomic E-state index is 0.171. The van der Waals surface area contributed by atoms with E-state index in [1.54, 1.807) is 12.4 Å². The van der Waals surface area contributed by atoms with Gasteiger partial charge in [0.15, 0.2) is 0 Å². The first kappa shape index (κ1) is 14.9. The molecule has 2 atom stereocenters. The number of amides is 1. The molecule has 23 heavy (non-hydrogen) atoms. The van der Waals surface area contributed by atoms with Crippen LogP contribution >= 0.6 is 0 Å². The van der Waals surface area contributed by atoms with Crippen molar-refractivity contribution in [3.8, 4) is 5.75 Å². The smallest absolute Gasteiger partial charge is 0.226 e. The molecular formula is C18H24N2O3. The second-order valence-corrected chi connectivity index (χ2v) is 6.91. The largest absolute Gasteiger partial charge is 0.490 e. The van der Waals surface area contributed by atoms with Crippen molar-refractivity contribution in [2.75, 3.05) is 13.2 Å². The summed E-state index contributed by atoms with van der Waals surface area (Å²) in [4.78, 5) is 19.1. The molecule has 0 spiro atoms. The van der Waals surface area contributed by atoms with Gasteiger partial charge in [0.05, 0.1) is 0 Å². The number of ether oxygens (including phenoxy) is 2. The van der Waals surface area contributed by atoms with Gasteiger partial charge in [0, 0.05) is 56.5 Å². The Hall–Kier alpha value is -1.62. The summed E-state index contributed by atoms with van der Waals surface area (Å²) >= 11 is 0. The Kier molecular flexibility index (Phi) is 4.21. The molecule has 4 heterocycles. The zero-order valence-corrected chi connectivity index (χ0v) is 13.4. The van der Waals surface area contributed by atoms with Crippen LogP contribution in [0, 0.1) is 5.92 Å². The second kappa shape index (κ2) is 6.48. The lowest BCUT2D eigenvalue weighted by Crippen LogP contribution is -2.51. The molecule has 3 saturated heterocycles. The molecule has 124 valence electrons. The molecule has 1 aromatic heterocycles. The van der Waals surface area contributed by atoms with Crippen molar-refractivity contribution in [2.45, 2.75) is 56.7 Å². The van der Waals surface area contributed by atoms with Gasteiger partial charge in [-0.05, 0) is 37.8 Å². The minimum Gasteiger partial charge on any atom is -0.490 e. The van der Waals surface area contributed by atoms with Gasteiger partial charge in [-0.15, -0.1) is 0 Å². The Bertz CT molecular complexity index is 530. The standard InChI is InChI=1S/C18H24N2O3/c21-18(13-5-9-22-10-6-13)20-14-1-2-15(20)12-17(11-14)23-16-3-7-19-8-4-16/h3-4,7-8,13-15,17H,1-2,5-6,9-12H2. The van der Waals surface area contributed by atoms with Gasteiger partial charge in [-0.25, -0.2) is 0 Å². The molecule has 0 saturated carbocycles. The number of carbonyl (C=O) groups excluding carboxylic acids is 1. The van der Waals surface area contributed by atoms with Crippen molar-refractivity contribution >= 4 is 5.91 Å². The summed E-state index contributed by atoms with van der Waals surface area (Å²) in [6, 6.07) is 4.52. The zero-order chi connectivity index (χ0) is 15.6. The van der Waals surface area contributed by atoms with Crippen LogP contribution in [-0.2, 0) is 9.53 Å². The zero-order valence-electron chi connectivity index (χ0n) is 13.4. The molecule has 5 heteroatoms.